The van der Waals surface area contributed by atoms with Crippen LogP contribution >= 0.6 is 0 Å². The predicted octanol–water partition coefficient (Wildman–Crippen LogP) is 2.38. The average Bonchev–Trinajstić information content (AvgIpc) is 2.75. The summed E-state index contributed by atoms with van der Waals surface area (Å²) in [6.07, 6.45) is 0. The smallest absolute Gasteiger partial charge is 0.126 e. The van der Waals surface area contributed by atoms with Crippen molar-refractivity contribution in [2.75, 3.05) is 6.61 Å². The summed E-state index contributed by atoms with van der Waals surface area (Å²) in [6.45, 7) is 4.48. The highest BCUT2D eigenvalue weighted by Gasteiger charge is 2.42. The Hall–Kier alpha value is -0.890. The number of ether oxygens (including phenoxy) is 1. The van der Waals surface area contributed by atoms with Gasteiger partial charge in [0.2, 0.25) is 0 Å². The highest BCUT2D eigenvalue weighted by atomic mass is 19.1. The average molecular weight is 166 g/mol. The minimum absolute atomic E-state index is 0.149. The van der Waals surface area contributed by atoms with Crippen LogP contribution in [0.1, 0.15) is 18.1 Å². The first-order valence-electron chi connectivity index (χ1n) is 4.03. The first-order valence-corrected chi connectivity index (χ1v) is 4.03. The summed E-state index contributed by atoms with van der Waals surface area (Å²) >= 11 is 0. The lowest BCUT2D eigenvalue weighted by Gasteiger charge is -2.09. The van der Waals surface area contributed by atoms with Crippen LogP contribution in [0.2, 0.25) is 0 Å². The van der Waals surface area contributed by atoms with Gasteiger partial charge >= 0.3 is 0 Å². The molecule has 1 atom stereocenters. The fourth-order valence-electron chi connectivity index (χ4n) is 1.44. The van der Waals surface area contributed by atoms with Gasteiger partial charge in [-0.2, -0.15) is 0 Å². The van der Waals surface area contributed by atoms with Gasteiger partial charge in [0.05, 0.1) is 6.61 Å². The molecule has 0 spiro atoms. The zero-order chi connectivity index (χ0) is 8.77. The summed E-state index contributed by atoms with van der Waals surface area (Å²) in [5.74, 6) is -0.149. The summed E-state index contributed by atoms with van der Waals surface area (Å²) in [6, 6.07) is 5.13. The fraction of sp³-hybridized carbons (Fsp3) is 0.400. The first kappa shape index (κ1) is 7.74. The van der Waals surface area contributed by atoms with Crippen LogP contribution in [0.5, 0.6) is 0 Å². The van der Waals surface area contributed by atoms with Gasteiger partial charge in [-0.25, -0.2) is 4.39 Å². The summed E-state index contributed by atoms with van der Waals surface area (Å²) < 4.78 is 18.3. The summed E-state index contributed by atoms with van der Waals surface area (Å²) in [5.41, 5.74) is 1.46. The maximum Gasteiger partial charge on any atom is 0.126 e. The molecule has 0 bridgehead atoms. The van der Waals surface area contributed by atoms with Crippen LogP contribution in [0.3, 0.4) is 0 Å². The van der Waals surface area contributed by atoms with E-state index in [1.165, 1.54) is 6.07 Å². The first-order chi connectivity index (χ1) is 5.63. The predicted molar refractivity (Wildman–Crippen MR) is 44.4 cm³/mol. The molecule has 2 rings (SSSR count). The van der Waals surface area contributed by atoms with Crippen molar-refractivity contribution in [2.24, 2.45) is 0 Å². The minimum Gasteiger partial charge on any atom is -0.365 e. The summed E-state index contributed by atoms with van der Waals surface area (Å²) in [4.78, 5) is 0. The van der Waals surface area contributed by atoms with Crippen LogP contribution < -0.4 is 0 Å². The van der Waals surface area contributed by atoms with E-state index in [9.17, 15) is 4.39 Å². The summed E-state index contributed by atoms with van der Waals surface area (Å²) in [5, 5.41) is 0. The van der Waals surface area contributed by atoms with E-state index in [1.807, 2.05) is 13.0 Å². The molecular formula is C10H11FO. The molecule has 0 aliphatic carbocycles. The fourth-order valence-corrected chi connectivity index (χ4v) is 1.44. The Kier molecular flexibility index (Phi) is 1.48. The molecule has 1 aliphatic rings. The third-order valence-corrected chi connectivity index (χ3v) is 2.41. The molecule has 64 valence electrons. The molecule has 0 N–H and O–H groups in total. The van der Waals surface area contributed by atoms with Crippen molar-refractivity contribution in [2.45, 2.75) is 19.4 Å². The number of hydrogen-bond acceptors (Lipinski definition) is 1. The second-order valence-electron chi connectivity index (χ2n) is 3.43. The van der Waals surface area contributed by atoms with Gasteiger partial charge in [-0.3, -0.25) is 0 Å². The van der Waals surface area contributed by atoms with E-state index in [2.05, 4.69) is 0 Å². The number of epoxide rings is 1. The van der Waals surface area contributed by atoms with Gasteiger partial charge in [0.15, 0.2) is 0 Å². The molecule has 1 heterocycles. The molecule has 1 aromatic carbocycles. The van der Waals surface area contributed by atoms with Crippen LogP contribution in [-0.2, 0) is 10.3 Å². The molecule has 1 saturated heterocycles. The maximum atomic E-state index is 13.1. The van der Waals surface area contributed by atoms with Crippen LogP contribution in [0.25, 0.3) is 0 Å². The van der Waals surface area contributed by atoms with Crippen molar-refractivity contribution in [1.29, 1.82) is 0 Å². The van der Waals surface area contributed by atoms with Gasteiger partial charge in [0.25, 0.3) is 0 Å². The minimum atomic E-state index is -0.216. The molecule has 12 heavy (non-hydrogen) atoms. The molecule has 1 nitrogen and oxygen atoms in total. The van der Waals surface area contributed by atoms with E-state index >= 15 is 0 Å². The number of benzene rings is 1. The normalized spacial score (nSPS) is 27.2. The number of hydrogen-bond donors (Lipinski definition) is 0. The van der Waals surface area contributed by atoms with E-state index in [-0.39, 0.29) is 11.4 Å². The quantitative estimate of drug-likeness (QED) is 0.583. The van der Waals surface area contributed by atoms with Gasteiger partial charge in [0, 0.05) is 0 Å². The number of rotatable bonds is 1. The van der Waals surface area contributed by atoms with Crippen molar-refractivity contribution < 1.29 is 9.13 Å². The zero-order valence-electron chi connectivity index (χ0n) is 7.23. The Morgan fingerprint density at radius 1 is 1.50 bits per heavy atom. The Morgan fingerprint density at radius 2 is 2.17 bits per heavy atom. The summed E-state index contributed by atoms with van der Waals surface area (Å²) in [7, 11) is 0. The molecule has 1 unspecified atom stereocenters. The van der Waals surface area contributed by atoms with Crippen molar-refractivity contribution in [3.63, 3.8) is 0 Å². The standard InChI is InChI=1S/C10H11FO/c1-7-8(10(2)6-12-10)4-3-5-9(7)11/h3-5H,6H2,1-2H3. The number of halogens is 1. The van der Waals surface area contributed by atoms with Crippen LogP contribution in [0, 0.1) is 12.7 Å². The Morgan fingerprint density at radius 3 is 2.75 bits per heavy atom. The SMILES string of the molecule is Cc1c(F)cccc1C1(C)CO1. The molecule has 0 radical (unpaired) electrons. The van der Waals surface area contributed by atoms with Gasteiger partial charge < -0.3 is 4.74 Å². The zero-order valence-corrected chi connectivity index (χ0v) is 7.23. The van der Waals surface area contributed by atoms with Gasteiger partial charge in [-0.1, -0.05) is 12.1 Å². The highest BCUT2D eigenvalue weighted by molar-refractivity contribution is 5.34. The molecule has 2 heteroatoms. The highest BCUT2D eigenvalue weighted by Crippen LogP contribution is 2.39. The van der Waals surface area contributed by atoms with E-state index in [0.29, 0.717) is 12.2 Å². The lowest BCUT2D eigenvalue weighted by atomic mass is 9.97. The Labute approximate surface area is 71.2 Å². The lowest BCUT2D eigenvalue weighted by Crippen LogP contribution is -2.05. The van der Waals surface area contributed by atoms with E-state index < -0.39 is 0 Å². The van der Waals surface area contributed by atoms with Gasteiger partial charge in [-0.15, -0.1) is 0 Å². The van der Waals surface area contributed by atoms with Crippen molar-refractivity contribution in [3.8, 4) is 0 Å². The van der Waals surface area contributed by atoms with Crippen molar-refractivity contribution in [3.05, 3.63) is 35.1 Å². The third-order valence-electron chi connectivity index (χ3n) is 2.41. The molecule has 1 aromatic rings. The second-order valence-corrected chi connectivity index (χ2v) is 3.43. The van der Waals surface area contributed by atoms with Crippen molar-refractivity contribution >= 4 is 0 Å². The molecular weight excluding hydrogens is 155 g/mol. The molecule has 0 aromatic heterocycles. The van der Waals surface area contributed by atoms with Crippen LogP contribution in [0.15, 0.2) is 18.2 Å². The van der Waals surface area contributed by atoms with Gasteiger partial charge in [0.1, 0.15) is 11.4 Å². The largest absolute Gasteiger partial charge is 0.365 e. The molecule has 0 saturated carbocycles. The van der Waals surface area contributed by atoms with Crippen LogP contribution in [0.4, 0.5) is 4.39 Å². The lowest BCUT2D eigenvalue weighted by molar-refractivity contribution is 0.327. The monoisotopic (exact) mass is 166 g/mol. The molecule has 1 aliphatic heterocycles. The molecule has 1 fully saturated rings. The topological polar surface area (TPSA) is 12.5 Å². The van der Waals surface area contributed by atoms with Gasteiger partial charge in [-0.05, 0) is 31.0 Å². The second kappa shape index (κ2) is 2.30. The van der Waals surface area contributed by atoms with Crippen LogP contribution in [-0.4, -0.2) is 6.61 Å². The van der Waals surface area contributed by atoms with E-state index in [1.54, 1.807) is 13.0 Å². The van der Waals surface area contributed by atoms with Crippen molar-refractivity contribution in [1.82, 2.24) is 0 Å². The van der Waals surface area contributed by atoms with E-state index in [0.717, 1.165) is 5.56 Å². The Bertz CT molecular complexity index is 316. The molecule has 0 amide bonds. The third kappa shape index (κ3) is 1.03. The van der Waals surface area contributed by atoms with E-state index in [4.69, 9.17) is 4.74 Å². The maximum absolute atomic E-state index is 13.1. The Balaban J connectivity index is 2.51.